The van der Waals surface area contributed by atoms with Crippen LogP contribution in [0, 0.1) is 0 Å². The summed E-state index contributed by atoms with van der Waals surface area (Å²) in [4.78, 5) is 12.6. The van der Waals surface area contributed by atoms with Crippen LogP contribution in [-0.4, -0.2) is 12.5 Å². The van der Waals surface area contributed by atoms with Crippen molar-refractivity contribution in [1.29, 1.82) is 0 Å². The van der Waals surface area contributed by atoms with E-state index in [0.29, 0.717) is 19.6 Å². The van der Waals surface area contributed by atoms with E-state index in [1.807, 2.05) is 67.6 Å². The van der Waals surface area contributed by atoms with Crippen molar-refractivity contribution in [3.63, 3.8) is 0 Å². The molecule has 0 unspecified atom stereocenters. The molecule has 0 aromatic heterocycles. The van der Waals surface area contributed by atoms with E-state index in [0.717, 1.165) is 22.4 Å². The fraction of sp³-hybridized carbons (Fsp3) is 0.208. The molecule has 0 saturated carbocycles. The molecule has 3 aromatic rings. The lowest BCUT2D eigenvalue weighted by molar-refractivity contribution is -0.121. The monoisotopic (exact) mass is 359 g/mol. The van der Waals surface area contributed by atoms with Gasteiger partial charge in [-0.25, -0.2) is 0 Å². The maximum absolute atomic E-state index is 12.6. The zero-order valence-corrected chi connectivity index (χ0v) is 15.6. The lowest BCUT2D eigenvalue weighted by Crippen LogP contribution is -2.25. The Morgan fingerprint density at radius 1 is 0.889 bits per heavy atom. The summed E-state index contributed by atoms with van der Waals surface area (Å²) in [5, 5.41) is 3.04. The summed E-state index contributed by atoms with van der Waals surface area (Å²) in [5.74, 6) is 0.910. The smallest absolute Gasteiger partial charge is 0.221 e. The normalized spacial score (nSPS) is 10.6. The predicted octanol–water partition coefficient (Wildman–Crippen LogP) is 4.92. The Morgan fingerprint density at radius 2 is 1.52 bits per heavy atom. The standard InChI is InChI=1S/C24H25NO2/c1-2-27-22-15-9-10-19(16-22)18-25-24(26)17-23(20-11-5-3-6-12-20)21-13-7-4-8-14-21/h3-16,23H,2,17-18H2,1H3,(H,25,26). The van der Waals surface area contributed by atoms with E-state index in [1.165, 1.54) is 0 Å². The van der Waals surface area contributed by atoms with Gasteiger partial charge in [0.15, 0.2) is 0 Å². The molecular weight excluding hydrogens is 334 g/mol. The average Bonchev–Trinajstić information content (AvgIpc) is 2.72. The third-order valence-electron chi connectivity index (χ3n) is 4.49. The van der Waals surface area contributed by atoms with Gasteiger partial charge in [-0.3, -0.25) is 4.79 Å². The van der Waals surface area contributed by atoms with Crippen molar-refractivity contribution in [2.75, 3.05) is 6.61 Å². The first-order valence-electron chi connectivity index (χ1n) is 9.34. The van der Waals surface area contributed by atoms with E-state index >= 15 is 0 Å². The maximum atomic E-state index is 12.6. The van der Waals surface area contributed by atoms with Gasteiger partial charge in [-0.2, -0.15) is 0 Å². The van der Waals surface area contributed by atoms with Crippen molar-refractivity contribution in [3.8, 4) is 5.75 Å². The fourth-order valence-corrected chi connectivity index (χ4v) is 3.17. The van der Waals surface area contributed by atoms with Crippen LogP contribution in [0.2, 0.25) is 0 Å². The molecule has 0 aliphatic rings. The fourth-order valence-electron chi connectivity index (χ4n) is 3.17. The number of hydrogen-bond donors (Lipinski definition) is 1. The highest BCUT2D eigenvalue weighted by atomic mass is 16.5. The zero-order chi connectivity index (χ0) is 18.9. The van der Waals surface area contributed by atoms with Gasteiger partial charge in [0.05, 0.1) is 6.61 Å². The second kappa shape index (κ2) is 9.58. The lowest BCUT2D eigenvalue weighted by atomic mass is 9.88. The number of ether oxygens (including phenoxy) is 1. The van der Waals surface area contributed by atoms with Gasteiger partial charge in [0.2, 0.25) is 5.91 Å². The number of nitrogens with one attached hydrogen (secondary N) is 1. The van der Waals surface area contributed by atoms with E-state index in [9.17, 15) is 4.79 Å². The minimum absolute atomic E-state index is 0.0366. The maximum Gasteiger partial charge on any atom is 0.221 e. The molecule has 0 aliphatic heterocycles. The second-order valence-electron chi connectivity index (χ2n) is 6.44. The number of carbonyl (C=O) groups is 1. The van der Waals surface area contributed by atoms with Gasteiger partial charge < -0.3 is 10.1 Å². The molecule has 3 nitrogen and oxygen atoms in total. The van der Waals surface area contributed by atoms with Crippen LogP contribution < -0.4 is 10.1 Å². The molecule has 0 fully saturated rings. The van der Waals surface area contributed by atoms with Crippen molar-refractivity contribution < 1.29 is 9.53 Å². The number of hydrogen-bond acceptors (Lipinski definition) is 2. The molecule has 3 rings (SSSR count). The first kappa shape index (κ1) is 18.7. The van der Waals surface area contributed by atoms with Crippen LogP contribution in [0.4, 0.5) is 0 Å². The molecule has 0 radical (unpaired) electrons. The van der Waals surface area contributed by atoms with Crippen molar-refractivity contribution in [3.05, 3.63) is 102 Å². The summed E-state index contributed by atoms with van der Waals surface area (Å²) in [5.41, 5.74) is 3.33. The summed E-state index contributed by atoms with van der Waals surface area (Å²) < 4.78 is 5.52. The van der Waals surface area contributed by atoms with E-state index in [2.05, 4.69) is 29.6 Å². The molecule has 138 valence electrons. The molecule has 3 heteroatoms. The predicted molar refractivity (Wildman–Crippen MR) is 109 cm³/mol. The molecular formula is C24H25NO2. The Balaban J connectivity index is 1.67. The Hall–Kier alpha value is -3.07. The van der Waals surface area contributed by atoms with Crippen molar-refractivity contribution in [2.45, 2.75) is 25.8 Å². The zero-order valence-electron chi connectivity index (χ0n) is 15.6. The topological polar surface area (TPSA) is 38.3 Å². The molecule has 0 heterocycles. The third-order valence-corrected chi connectivity index (χ3v) is 4.49. The molecule has 1 amide bonds. The molecule has 0 saturated heterocycles. The van der Waals surface area contributed by atoms with Gasteiger partial charge in [-0.05, 0) is 35.7 Å². The largest absolute Gasteiger partial charge is 0.494 e. The van der Waals surface area contributed by atoms with E-state index in [-0.39, 0.29) is 11.8 Å². The molecule has 0 atom stereocenters. The Bertz CT molecular complexity index is 807. The molecule has 0 aliphatic carbocycles. The van der Waals surface area contributed by atoms with Crippen LogP contribution >= 0.6 is 0 Å². The van der Waals surface area contributed by atoms with E-state index in [4.69, 9.17) is 4.74 Å². The summed E-state index contributed by atoms with van der Waals surface area (Å²) in [7, 11) is 0. The van der Waals surface area contributed by atoms with Gasteiger partial charge >= 0.3 is 0 Å². The first-order valence-corrected chi connectivity index (χ1v) is 9.34. The van der Waals surface area contributed by atoms with Gasteiger partial charge in [0, 0.05) is 18.9 Å². The van der Waals surface area contributed by atoms with Crippen LogP contribution in [0.3, 0.4) is 0 Å². The molecule has 0 spiro atoms. The lowest BCUT2D eigenvalue weighted by Gasteiger charge is -2.18. The molecule has 0 bridgehead atoms. The number of benzene rings is 3. The molecule has 1 N–H and O–H groups in total. The van der Waals surface area contributed by atoms with Gasteiger partial charge in [-0.1, -0.05) is 72.8 Å². The number of rotatable bonds is 8. The van der Waals surface area contributed by atoms with Gasteiger partial charge in [-0.15, -0.1) is 0 Å². The van der Waals surface area contributed by atoms with E-state index in [1.54, 1.807) is 0 Å². The van der Waals surface area contributed by atoms with Gasteiger partial charge in [0.25, 0.3) is 0 Å². The second-order valence-corrected chi connectivity index (χ2v) is 6.44. The summed E-state index contributed by atoms with van der Waals surface area (Å²) in [6.45, 7) is 3.09. The van der Waals surface area contributed by atoms with Crippen molar-refractivity contribution in [2.24, 2.45) is 0 Å². The summed E-state index contributed by atoms with van der Waals surface area (Å²) in [6.07, 6.45) is 0.416. The minimum atomic E-state index is 0.0366. The van der Waals surface area contributed by atoms with Crippen LogP contribution in [0.25, 0.3) is 0 Å². The first-order chi connectivity index (χ1) is 13.3. The Morgan fingerprint density at radius 3 is 2.11 bits per heavy atom. The molecule has 3 aromatic carbocycles. The van der Waals surface area contributed by atoms with Crippen molar-refractivity contribution in [1.82, 2.24) is 5.32 Å². The van der Waals surface area contributed by atoms with Crippen molar-refractivity contribution >= 4 is 5.91 Å². The third kappa shape index (κ3) is 5.45. The number of carbonyl (C=O) groups excluding carboxylic acids is 1. The van der Waals surface area contributed by atoms with Crippen LogP contribution in [0.1, 0.15) is 36.0 Å². The number of amides is 1. The summed E-state index contributed by atoms with van der Waals surface area (Å²) >= 11 is 0. The highest BCUT2D eigenvalue weighted by Gasteiger charge is 2.17. The summed E-state index contributed by atoms with van der Waals surface area (Å²) in [6, 6.07) is 28.2. The Labute approximate surface area is 161 Å². The SMILES string of the molecule is CCOc1cccc(CNC(=O)CC(c2ccccc2)c2ccccc2)c1. The molecule has 27 heavy (non-hydrogen) atoms. The van der Waals surface area contributed by atoms with Crippen LogP contribution in [-0.2, 0) is 11.3 Å². The average molecular weight is 359 g/mol. The van der Waals surface area contributed by atoms with Gasteiger partial charge in [0.1, 0.15) is 5.75 Å². The Kier molecular flexibility index (Phi) is 6.64. The van der Waals surface area contributed by atoms with Crippen LogP contribution in [0.15, 0.2) is 84.9 Å². The van der Waals surface area contributed by atoms with E-state index < -0.39 is 0 Å². The quantitative estimate of drug-likeness (QED) is 0.620. The van der Waals surface area contributed by atoms with Crippen LogP contribution in [0.5, 0.6) is 5.75 Å². The minimum Gasteiger partial charge on any atom is -0.494 e. The highest BCUT2D eigenvalue weighted by molar-refractivity contribution is 5.77. The highest BCUT2D eigenvalue weighted by Crippen LogP contribution is 2.27.